The highest BCUT2D eigenvalue weighted by Gasteiger charge is 2.27. The first-order valence-electron chi connectivity index (χ1n) is 8.61. The second kappa shape index (κ2) is 7.55. The lowest BCUT2D eigenvalue weighted by Gasteiger charge is -2.30. The topological polar surface area (TPSA) is 97.2 Å². The Hall–Kier alpha value is -2.26. The molecule has 0 aliphatic carbocycles. The summed E-state index contributed by atoms with van der Waals surface area (Å²) in [5.74, 6) is -0.195. The van der Waals surface area contributed by atoms with Crippen LogP contribution in [0.2, 0.25) is 0 Å². The molecule has 8 nitrogen and oxygen atoms in total. The molecule has 3 rings (SSSR count). The Kier molecular flexibility index (Phi) is 5.38. The lowest BCUT2D eigenvalue weighted by atomic mass is 9.95. The van der Waals surface area contributed by atoms with Crippen molar-refractivity contribution in [2.75, 3.05) is 24.7 Å². The first kappa shape index (κ1) is 18.5. The van der Waals surface area contributed by atoms with Crippen molar-refractivity contribution in [2.45, 2.75) is 32.2 Å². The minimum atomic E-state index is -3.19. The van der Waals surface area contributed by atoms with Crippen molar-refractivity contribution in [2.24, 2.45) is 0 Å². The SMILES string of the molecule is CCn1cc(NC(=O)c2ccc(C3CCCN(S(C)(=O)=O)C3)nc2)cn1. The highest BCUT2D eigenvalue weighted by molar-refractivity contribution is 7.88. The molecule has 0 bridgehead atoms. The largest absolute Gasteiger partial charge is 0.319 e. The Morgan fingerprint density at radius 1 is 1.35 bits per heavy atom. The number of hydrogen-bond acceptors (Lipinski definition) is 5. The Morgan fingerprint density at radius 2 is 2.15 bits per heavy atom. The van der Waals surface area contributed by atoms with Gasteiger partial charge in [-0.15, -0.1) is 0 Å². The van der Waals surface area contributed by atoms with Crippen molar-refractivity contribution in [1.82, 2.24) is 19.1 Å². The maximum atomic E-state index is 12.3. The number of carbonyl (C=O) groups is 1. The van der Waals surface area contributed by atoms with E-state index in [1.54, 1.807) is 29.2 Å². The van der Waals surface area contributed by atoms with Crippen LogP contribution in [0.25, 0.3) is 0 Å². The average molecular weight is 377 g/mol. The molecule has 1 fully saturated rings. The van der Waals surface area contributed by atoms with Gasteiger partial charge in [-0.25, -0.2) is 12.7 Å². The summed E-state index contributed by atoms with van der Waals surface area (Å²) in [6.07, 6.45) is 7.83. The quantitative estimate of drug-likeness (QED) is 0.855. The van der Waals surface area contributed by atoms with Gasteiger partial charge in [0.1, 0.15) is 0 Å². The van der Waals surface area contributed by atoms with Crippen LogP contribution in [0, 0.1) is 0 Å². The summed E-state index contributed by atoms with van der Waals surface area (Å²) < 4.78 is 26.7. The summed E-state index contributed by atoms with van der Waals surface area (Å²) in [7, 11) is -3.19. The van der Waals surface area contributed by atoms with Crippen molar-refractivity contribution < 1.29 is 13.2 Å². The number of amides is 1. The summed E-state index contributed by atoms with van der Waals surface area (Å²) in [6.45, 7) is 3.70. The predicted molar refractivity (Wildman–Crippen MR) is 98.5 cm³/mol. The van der Waals surface area contributed by atoms with Crippen LogP contribution >= 0.6 is 0 Å². The molecule has 1 aliphatic heterocycles. The third kappa shape index (κ3) is 4.28. The third-order valence-electron chi connectivity index (χ3n) is 4.54. The van der Waals surface area contributed by atoms with Gasteiger partial charge in [0.15, 0.2) is 0 Å². The van der Waals surface area contributed by atoms with Gasteiger partial charge in [0.05, 0.1) is 23.7 Å². The molecule has 1 N–H and O–H groups in total. The van der Waals surface area contributed by atoms with Crippen LogP contribution in [0.4, 0.5) is 5.69 Å². The Balaban J connectivity index is 1.67. The summed E-state index contributed by atoms with van der Waals surface area (Å²) in [5.41, 5.74) is 1.90. The van der Waals surface area contributed by atoms with E-state index in [1.807, 2.05) is 6.92 Å². The van der Waals surface area contributed by atoms with Crippen LogP contribution < -0.4 is 5.32 Å². The van der Waals surface area contributed by atoms with E-state index in [0.29, 0.717) is 24.3 Å². The molecule has 0 aromatic carbocycles. The fourth-order valence-corrected chi connectivity index (χ4v) is 3.98. The zero-order chi connectivity index (χ0) is 18.7. The van der Waals surface area contributed by atoms with Crippen LogP contribution in [0.3, 0.4) is 0 Å². The van der Waals surface area contributed by atoms with Crippen LogP contribution in [-0.4, -0.2) is 52.7 Å². The molecule has 1 atom stereocenters. The van der Waals surface area contributed by atoms with Gasteiger partial charge in [-0.1, -0.05) is 0 Å². The number of sulfonamides is 1. The monoisotopic (exact) mass is 377 g/mol. The molecule has 3 heterocycles. The summed E-state index contributed by atoms with van der Waals surface area (Å²) >= 11 is 0. The highest BCUT2D eigenvalue weighted by atomic mass is 32.2. The number of carbonyl (C=O) groups excluding carboxylic acids is 1. The van der Waals surface area contributed by atoms with E-state index in [2.05, 4.69) is 15.4 Å². The van der Waals surface area contributed by atoms with Gasteiger partial charge in [-0.3, -0.25) is 14.5 Å². The van der Waals surface area contributed by atoms with E-state index in [9.17, 15) is 13.2 Å². The van der Waals surface area contributed by atoms with E-state index in [1.165, 1.54) is 16.8 Å². The molecule has 2 aromatic rings. The molecule has 1 unspecified atom stereocenters. The Morgan fingerprint density at radius 3 is 2.77 bits per heavy atom. The van der Waals surface area contributed by atoms with Crippen LogP contribution in [0.1, 0.15) is 41.7 Å². The molecule has 9 heteroatoms. The summed E-state index contributed by atoms with van der Waals surface area (Å²) in [6, 6.07) is 3.53. The number of piperidine rings is 1. The zero-order valence-electron chi connectivity index (χ0n) is 14.9. The number of aromatic nitrogens is 3. The van der Waals surface area contributed by atoms with E-state index in [-0.39, 0.29) is 11.8 Å². The average Bonchev–Trinajstić information content (AvgIpc) is 3.09. The lowest BCUT2D eigenvalue weighted by molar-refractivity contribution is 0.102. The van der Waals surface area contributed by atoms with E-state index >= 15 is 0 Å². The van der Waals surface area contributed by atoms with Crippen molar-refractivity contribution in [3.05, 3.63) is 42.0 Å². The number of rotatable bonds is 5. The molecule has 1 amide bonds. The number of nitrogens with zero attached hydrogens (tertiary/aromatic N) is 4. The molecule has 0 radical (unpaired) electrons. The van der Waals surface area contributed by atoms with Crippen LogP contribution in [0.5, 0.6) is 0 Å². The normalized spacial score (nSPS) is 18.6. The zero-order valence-corrected chi connectivity index (χ0v) is 15.7. The Labute approximate surface area is 153 Å². The van der Waals surface area contributed by atoms with Gasteiger partial charge in [-0.05, 0) is 31.9 Å². The van der Waals surface area contributed by atoms with Crippen molar-refractivity contribution in [3.63, 3.8) is 0 Å². The third-order valence-corrected chi connectivity index (χ3v) is 5.80. The van der Waals surface area contributed by atoms with Crippen LogP contribution in [-0.2, 0) is 16.6 Å². The van der Waals surface area contributed by atoms with Gasteiger partial charge in [-0.2, -0.15) is 5.10 Å². The number of nitrogens with one attached hydrogen (secondary N) is 1. The molecule has 0 saturated carbocycles. The smallest absolute Gasteiger partial charge is 0.257 e. The van der Waals surface area contributed by atoms with Gasteiger partial charge in [0, 0.05) is 43.6 Å². The molecule has 26 heavy (non-hydrogen) atoms. The number of hydrogen-bond donors (Lipinski definition) is 1. The molecule has 140 valence electrons. The minimum Gasteiger partial charge on any atom is -0.319 e. The number of pyridine rings is 1. The maximum absolute atomic E-state index is 12.3. The highest BCUT2D eigenvalue weighted by Crippen LogP contribution is 2.26. The second-order valence-corrected chi connectivity index (χ2v) is 8.45. The van der Waals surface area contributed by atoms with Crippen LogP contribution in [0.15, 0.2) is 30.7 Å². The molecular formula is C17H23N5O3S. The van der Waals surface area contributed by atoms with Crippen molar-refractivity contribution in [3.8, 4) is 0 Å². The van der Waals surface area contributed by atoms with Gasteiger partial charge >= 0.3 is 0 Å². The fourth-order valence-electron chi connectivity index (χ4n) is 3.07. The van der Waals surface area contributed by atoms with E-state index < -0.39 is 10.0 Å². The first-order chi connectivity index (χ1) is 12.4. The van der Waals surface area contributed by atoms with E-state index in [4.69, 9.17) is 0 Å². The maximum Gasteiger partial charge on any atom is 0.257 e. The van der Waals surface area contributed by atoms with Crippen molar-refractivity contribution in [1.29, 1.82) is 0 Å². The molecule has 1 aliphatic rings. The molecule has 1 saturated heterocycles. The predicted octanol–water partition coefficient (Wildman–Crippen LogP) is 1.69. The molecule has 0 spiro atoms. The van der Waals surface area contributed by atoms with Gasteiger partial charge in [0.2, 0.25) is 10.0 Å². The summed E-state index contributed by atoms with van der Waals surface area (Å²) in [5, 5.41) is 6.91. The Bertz CT molecular complexity index is 876. The number of anilines is 1. The minimum absolute atomic E-state index is 0.0540. The second-order valence-electron chi connectivity index (χ2n) is 6.47. The fraction of sp³-hybridized carbons (Fsp3) is 0.471. The van der Waals surface area contributed by atoms with Crippen molar-refractivity contribution >= 4 is 21.6 Å². The molecule has 2 aromatic heterocycles. The lowest BCUT2D eigenvalue weighted by Crippen LogP contribution is -2.38. The molecular weight excluding hydrogens is 354 g/mol. The number of aryl methyl sites for hydroxylation is 1. The standard InChI is InChI=1S/C17H23N5O3S/c1-3-21-12-15(10-19-21)20-17(23)13-6-7-16(18-9-13)14-5-4-8-22(11-14)26(2,24)25/h6-7,9-10,12,14H,3-5,8,11H2,1-2H3,(H,20,23). The van der Waals surface area contributed by atoms with Gasteiger partial charge in [0.25, 0.3) is 5.91 Å². The first-order valence-corrected chi connectivity index (χ1v) is 10.5. The summed E-state index contributed by atoms with van der Waals surface area (Å²) in [4.78, 5) is 16.7. The van der Waals surface area contributed by atoms with E-state index in [0.717, 1.165) is 25.1 Å². The van der Waals surface area contributed by atoms with Gasteiger partial charge < -0.3 is 5.32 Å².